The molecule has 0 aliphatic rings. The van der Waals surface area contributed by atoms with E-state index in [0.717, 1.165) is 17.4 Å². The van der Waals surface area contributed by atoms with E-state index in [4.69, 9.17) is 5.73 Å². The highest BCUT2D eigenvalue weighted by Gasteiger charge is 2.07. The Labute approximate surface area is 84.2 Å². The summed E-state index contributed by atoms with van der Waals surface area (Å²) in [4.78, 5) is 0. The number of benzene rings is 1. The van der Waals surface area contributed by atoms with E-state index in [0.29, 0.717) is 11.4 Å². The zero-order chi connectivity index (χ0) is 10.9. The van der Waals surface area contributed by atoms with Crippen LogP contribution >= 0.6 is 0 Å². The van der Waals surface area contributed by atoms with E-state index >= 15 is 0 Å². The second kappa shape index (κ2) is 3.49. The highest BCUT2D eigenvalue weighted by atomic mass is 32.2. The van der Waals surface area contributed by atoms with Crippen molar-refractivity contribution in [1.29, 1.82) is 0 Å². The molecule has 0 fully saturated rings. The molecule has 1 aromatic rings. The molecule has 78 valence electrons. The number of nitrogen functional groups attached to an aromatic ring is 1. The van der Waals surface area contributed by atoms with Crippen LogP contribution in [0, 0.1) is 13.8 Å². The van der Waals surface area contributed by atoms with Gasteiger partial charge in [-0.25, -0.2) is 8.42 Å². The van der Waals surface area contributed by atoms with Gasteiger partial charge in [0.25, 0.3) is 0 Å². The molecule has 14 heavy (non-hydrogen) atoms. The first-order chi connectivity index (χ1) is 6.29. The molecule has 5 heteroatoms. The van der Waals surface area contributed by atoms with Crippen LogP contribution < -0.4 is 10.5 Å². The summed E-state index contributed by atoms with van der Waals surface area (Å²) in [5.41, 5.74) is 8.58. The largest absolute Gasteiger partial charge is 0.399 e. The molecule has 0 spiro atoms. The van der Waals surface area contributed by atoms with E-state index in [-0.39, 0.29) is 0 Å². The highest BCUT2D eigenvalue weighted by molar-refractivity contribution is 7.92. The first-order valence-corrected chi connectivity index (χ1v) is 6.03. The van der Waals surface area contributed by atoms with Crippen molar-refractivity contribution in [3.63, 3.8) is 0 Å². The molecule has 0 saturated heterocycles. The van der Waals surface area contributed by atoms with Gasteiger partial charge in [0.2, 0.25) is 10.0 Å². The normalized spacial score (nSPS) is 11.4. The molecule has 1 aromatic carbocycles. The molecule has 0 aliphatic heterocycles. The zero-order valence-electron chi connectivity index (χ0n) is 8.46. The van der Waals surface area contributed by atoms with Gasteiger partial charge in [0.1, 0.15) is 0 Å². The van der Waals surface area contributed by atoms with Gasteiger partial charge in [0.05, 0.1) is 11.9 Å². The lowest BCUT2D eigenvalue weighted by molar-refractivity contribution is 0.607. The second-order valence-corrected chi connectivity index (χ2v) is 5.13. The van der Waals surface area contributed by atoms with Crippen LogP contribution in [0.3, 0.4) is 0 Å². The third-order valence-corrected chi connectivity index (χ3v) is 2.58. The maximum atomic E-state index is 11.0. The van der Waals surface area contributed by atoms with Crippen molar-refractivity contribution in [2.45, 2.75) is 13.8 Å². The minimum Gasteiger partial charge on any atom is -0.399 e. The molecule has 0 aliphatic carbocycles. The molecule has 0 radical (unpaired) electrons. The van der Waals surface area contributed by atoms with Crippen molar-refractivity contribution in [2.24, 2.45) is 0 Å². The molecule has 0 atom stereocenters. The van der Waals surface area contributed by atoms with Gasteiger partial charge in [-0.15, -0.1) is 0 Å². The Morgan fingerprint density at radius 1 is 1.29 bits per heavy atom. The number of rotatable bonds is 2. The summed E-state index contributed by atoms with van der Waals surface area (Å²) in [6.45, 7) is 3.74. The van der Waals surface area contributed by atoms with Gasteiger partial charge in [-0.2, -0.15) is 0 Å². The molecule has 3 N–H and O–H groups in total. The minimum absolute atomic E-state index is 0.546. The molecule has 0 unspecified atom stereocenters. The van der Waals surface area contributed by atoms with Crippen molar-refractivity contribution in [1.82, 2.24) is 0 Å². The lowest BCUT2D eigenvalue weighted by atomic mass is 10.1. The summed E-state index contributed by atoms with van der Waals surface area (Å²) in [6, 6.07) is 3.42. The smallest absolute Gasteiger partial charge is 0.229 e. The third kappa shape index (κ3) is 2.63. The summed E-state index contributed by atoms with van der Waals surface area (Å²) >= 11 is 0. The number of aryl methyl sites for hydroxylation is 1. The maximum absolute atomic E-state index is 11.0. The van der Waals surface area contributed by atoms with Gasteiger partial charge in [0.15, 0.2) is 0 Å². The van der Waals surface area contributed by atoms with Crippen LogP contribution in [-0.2, 0) is 10.0 Å². The van der Waals surface area contributed by atoms with Crippen LogP contribution in [0.5, 0.6) is 0 Å². The van der Waals surface area contributed by atoms with E-state index in [2.05, 4.69) is 4.72 Å². The molecule has 0 heterocycles. The number of nitrogens with two attached hydrogens (primary N) is 1. The number of hydrogen-bond acceptors (Lipinski definition) is 3. The maximum Gasteiger partial charge on any atom is 0.229 e. The SMILES string of the molecule is Cc1cc(N)cc(NS(C)(=O)=O)c1C. The summed E-state index contributed by atoms with van der Waals surface area (Å²) in [5.74, 6) is 0. The Morgan fingerprint density at radius 2 is 1.86 bits per heavy atom. The molecule has 4 nitrogen and oxygen atoms in total. The fourth-order valence-corrected chi connectivity index (χ4v) is 1.80. The number of nitrogens with one attached hydrogen (secondary N) is 1. The Hall–Kier alpha value is -1.23. The third-order valence-electron chi connectivity index (χ3n) is 1.99. The van der Waals surface area contributed by atoms with E-state index in [1.807, 2.05) is 19.9 Å². The van der Waals surface area contributed by atoms with Crippen molar-refractivity contribution in [2.75, 3.05) is 16.7 Å². The Kier molecular flexibility index (Phi) is 2.71. The van der Waals surface area contributed by atoms with Crippen LogP contribution in [-0.4, -0.2) is 14.7 Å². The summed E-state index contributed by atoms with van der Waals surface area (Å²) in [6.07, 6.45) is 1.12. The molecule has 0 bridgehead atoms. The average Bonchev–Trinajstić information content (AvgIpc) is 1.96. The average molecular weight is 214 g/mol. The van der Waals surface area contributed by atoms with Crippen LogP contribution in [0.2, 0.25) is 0 Å². The topological polar surface area (TPSA) is 72.2 Å². The van der Waals surface area contributed by atoms with Gasteiger partial charge in [0, 0.05) is 5.69 Å². The molecule has 1 rings (SSSR count). The van der Waals surface area contributed by atoms with Gasteiger partial charge in [-0.05, 0) is 37.1 Å². The standard InChI is InChI=1S/C9H14N2O2S/c1-6-4-8(10)5-9(7(6)2)11-14(3,12)13/h4-5,11H,10H2,1-3H3. The van der Waals surface area contributed by atoms with Crippen LogP contribution in [0.4, 0.5) is 11.4 Å². The summed E-state index contributed by atoms with van der Waals surface area (Å²) in [7, 11) is -3.24. The Morgan fingerprint density at radius 3 is 2.36 bits per heavy atom. The van der Waals surface area contributed by atoms with Gasteiger partial charge in [-0.1, -0.05) is 0 Å². The Balaban J connectivity index is 3.22. The summed E-state index contributed by atoms with van der Waals surface area (Å²) < 4.78 is 24.5. The Bertz CT molecular complexity index is 452. The van der Waals surface area contributed by atoms with Crippen molar-refractivity contribution in [3.8, 4) is 0 Å². The quantitative estimate of drug-likeness (QED) is 0.728. The molecule has 0 saturated carbocycles. The number of hydrogen-bond donors (Lipinski definition) is 2. The van der Waals surface area contributed by atoms with E-state index < -0.39 is 10.0 Å². The highest BCUT2D eigenvalue weighted by Crippen LogP contribution is 2.23. The summed E-state index contributed by atoms with van der Waals surface area (Å²) in [5, 5.41) is 0. The van der Waals surface area contributed by atoms with Gasteiger partial charge < -0.3 is 5.73 Å². The lowest BCUT2D eigenvalue weighted by Crippen LogP contribution is -2.11. The molecular formula is C9H14N2O2S. The second-order valence-electron chi connectivity index (χ2n) is 3.38. The molecule has 0 aromatic heterocycles. The van der Waals surface area contributed by atoms with Crippen molar-refractivity contribution >= 4 is 21.4 Å². The van der Waals surface area contributed by atoms with Crippen molar-refractivity contribution in [3.05, 3.63) is 23.3 Å². The first kappa shape index (κ1) is 10.8. The molecule has 0 amide bonds. The lowest BCUT2D eigenvalue weighted by Gasteiger charge is -2.10. The fraction of sp³-hybridized carbons (Fsp3) is 0.333. The van der Waals surface area contributed by atoms with Gasteiger partial charge in [-0.3, -0.25) is 4.72 Å². The minimum atomic E-state index is -3.24. The van der Waals surface area contributed by atoms with Crippen molar-refractivity contribution < 1.29 is 8.42 Å². The van der Waals surface area contributed by atoms with E-state index in [9.17, 15) is 8.42 Å². The van der Waals surface area contributed by atoms with Gasteiger partial charge >= 0.3 is 0 Å². The zero-order valence-corrected chi connectivity index (χ0v) is 9.27. The van der Waals surface area contributed by atoms with E-state index in [1.165, 1.54) is 0 Å². The van der Waals surface area contributed by atoms with Crippen LogP contribution in [0.15, 0.2) is 12.1 Å². The van der Waals surface area contributed by atoms with Crippen LogP contribution in [0.1, 0.15) is 11.1 Å². The fourth-order valence-electron chi connectivity index (χ4n) is 1.19. The monoisotopic (exact) mass is 214 g/mol. The number of sulfonamides is 1. The van der Waals surface area contributed by atoms with E-state index in [1.54, 1.807) is 6.07 Å². The predicted octanol–water partition coefficient (Wildman–Crippen LogP) is 1.26. The predicted molar refractivity (Wildman–Crippen MR) is 58.8 cm³/mol. The van der Waals surface area contributed by atoms with Crippen LogP contribution in [0.25, 0.3) is 0 Å². The first-order valence-electron chi connectivity index (χ1n) is 4.14. The number of anilines is 2. The molecular weight excluding hydrogens is 200 g/mol.